The molecule has 7 heavy (non-hydrogen) atoms. The lowest BCUT2D eigenvalue weighted by Gasteiger charge is -1.96. The van der Waals surface area contributed by atoms with Gasteiger partial charge in [0.1, 0.15) is 0 Å². The number of hydrazine groups is 1. The molecule has 0 bridgehead atoms. The van der Waals surface area contributed by atoms with Crippen LogP contribution in [0.4, 0.5) is 0 Å². The fraction of sp³-hybridized carbons (Fsp3) is 0.500. The van der Waals surface area contributed by atoms with Gasteiger partial charge in [-0.1, -0.05) is 5.59 Å². The molecule has 0 rings (SSSR count). The Morgan fingerprint density at radius 3 is 2.57 bits per heavy atom. The Hall–Kier alpha value is -0.650. The Labute approximate surface area is 40.7 Å². The number of carbonyl (C=O) groups excluding carboxylic acids is 1. The zero-order valence-electron chi connectivity index (χ0n) is 3.89. The van der Waals surface area contributed by atoms with E-state index >= 15 is 0 Å². The van der Waals surface area contributed by atoms with Crippen molar-refractivity contribution in [3.05, 3.63) is 0 Å². The Morgan fingerprint density at radius 2 is 2.43 bits per heavy atom. The van der Waals surface area contributed by atoms with Crippen molar-refractivity contribution in [2.45, 2.75) is 6.92 Å². The maximum atomic E-state index is 9.89. The minimum absolute atomic E-state index is 0.259. The van der Waals surface area contributed by atoms with Gasteiger partial charge in [0.2, 0.25) is 5.91 Å². The fourth-order valence-electron chi connectivity index (χ4n) is 0.101. The van der Waals surface area contributed by atoms with E-state index in [0.29, 0.717) is 0 Å². The summed E-state index contributed by atoms with van der Waals surface area (Å²) in [4.78, 5) is 13.7. The second kappa shape index (κ2) is 3.54. The minimum atomic E-state index is -0.259. The number of nitrogens with one attached hydrogen (secondary N) is 2. The van der Waals surface area contributed by atoms with Crippen LogP contribution < -0.4 is 16.9 Å². The van der Waals surface area contributed by atoms with E-state index in [9.17, 15) is 4.79 Å². The summed E-state index contributed by atoms with van der Waals surface area (Å²) in [5.41, 5.74) is 3.98. The minimum Gasteiger partial charge on any atom is -0.274 e. The number of rotatable bonds is 2. The summed E-state index contributed by atoms with van der Waals surface area (Å²) >= 11 is 0. The molecule has 0 aliphatic carbocycles. The van der Waals surface area contributed by atoms with Crippen molar-refractivity contribution >= 4 is 5.91 Å². The predicted molar refractivity (Wildman–Crippen MR) is 22.2 cm³/mol. The lowest BCUT2D eigenvalue weighted by atomic mass is 10.8. The highest BCUT2D eigenvalue weighted by molar-refractivity contribution is 5.72. The Bertz CT molecular complexity index is 64.0. The standard InChI is InChI=1S/C2H7N3O2/c1-2(6)4-5-7-3/h5H,3H2,1H3,(H,4,6). The van der Waals surface area contributed by atoms with Gasteiger partial charge < -0.3 is 0 Å². The van der Waals surface area contributed by atoms with Crippen LogP contribution in [0.5, 0.6) is 0 Å². The molecule has 0 unspecified atom stereocenters. The topological polar surface area (TPSA) is 76.4 Å². The molecule has 0 spiro atoms. The summed E-state index contributed by atoms with van der Waals surface area (Å²) in [6.07, 6.45) is 0. The van der Waals surface area contributed by atoms with Gasteiger partial charge in [0.05, 0.1) is 0 Å². The van der Waals surface area contributed by atoms with Gasteiger partial charge in [-0.25, -0.2) is 0 Å². The second-order valence-corrected chi connectivity index (χ2v) is 0.901. The molecular weight excluding hydrogens is 98.0 g/mol. The van der Waals surface area contributed by atoms with Gasteiger partial charge in [-0.05, 0) is 0 Å². The van der Waals surface area contributed by atoms with Gasteiger partial charge in [-0.15, -0.1) is 0 Å². The normalized spacial score (nSPS) is 8.29. The number of amides is 1. The molecule has 0 atom stereocenters. The summed E-state index contributed by atoms with van der Waals surface area (Å²) in [5, 5.41) is 0. The van der Waals surface area contributed by atoms with Crippen molar-refractivity contribution < 1.29 is 9.73 Å². The lowest BCUT2D eigenvalue weighted by Crippen LogP contribution is -2.37. The SMILES string of the molecule is CC(=O)NNON. The van der Waals surface area contributed by atoms with Crippen molar-refractivity contribution in [3.8, 4) is 0 Å². The van der Waals surface area contributed by atoms with Crippen LogP contribution in [0.2, 0.25) is 0 Å². The van der Waals surface area contributed by atoms with Crippen LogP contribution in [0.15, 0.2) is 0 Å². The van der Waals surface area contributed by atoms with E-state index in [1.54, 1.807) is 0 Å². The molecule has 42 valence electrons. The third-order valence-corrected chi connectivity index (χ3v) is 0.286. The van der Waals surface area contributed by atoms with Crippen LogP contribution in [-0.4, -0.2) is 5.91 Å². The summed E-state index contributed by atoms with van der Waals surface area (Å²) in [7, 11) is 0. The molecular formula is C2H7N3O2. The van der Waals surface area contributed by atoms with Crippen LogP contribution >= 0.6 is 0 Å². The monoisotopic (exact) mass is 105 g/mol. The summed E-state index contributed by atoms with van der Waals surface area (Å²) in [6, 6.07) is 0. The molecule has 0 saturated heterocycles. The summed E-state index contributed by atoms with van der Waals surface area (Å²) < 4.78 is 0. The second-order valence-electron chi connectivity index (χ2n) is 0.901. The molecule has 0 radical (unpaired) electrons. The van der Waals surface area contributed by atoms with Crippen LogP contribution in [-0.2, 0) is 9.73 Å². The van der Waals surface area contributed by atoms with E-state index in [1.165, 1.54) is 6.92 Å². The van der Waals surface area contributed by atoms with Crippen molar-refractivity contribution in [3.63, 3.8) is 0 Å². The van der Waals surface area contributed by atoms with Crippen LogP contribution in [0, 0.1) is 0 Å². The predicted octanol–water partition coefficient (Wildman–Crippen LogP) is -1.57. The maximum absolute atomic E-state index is 9.89. The molecule has 0 heterocycles. The number of hydrogen-bond acceptors (Lipinski definition) is 4. The average Bonchev–Trinajstić information content (AvgIpc) is 1.61. The first kappa shape index (κ1) is 6.35. The Balaban J connectivity index is 2.82. The molecule has 1 amide bonds. The molecule has 4 N–H and O–H groups in total. The Morgan fingerprint density at radius 1 is 1.86 bits per heavy atom. The highest BCUT2D eigenvalue weighted by Gasteiger charge is 1.82. The van der Waals surface area contributed by atoms with Crippen molar-refractivity contribution in [2.24, 2.45) is 5.90 Å². The van der Waals surface area contributed by atoms with Crippen LogP contribution in [0.3, 0.4) is 0 Å². The van der Waals surface area contributed by atoms with Gasteiger partial charge in [-0.2, -0.15) is 10.8 Å². The molecule has 0 aromatic rings. The van der Waals surface area contributed by atoms with Crippen molar-refractivity contribution in [1.82, 2.24) is 11.0 Å². The van der Waals surface area contributed by atoms with E-state index in [4.69, 9.17) is 0 Å². The summed E-state index contributed by atoms with van der Waals surface area (Å²) in [6.45, 7) is 1.33. The van der Waals surface area contributed by atoms with Gasteiger partial charge in [0, 0.05) is 6.92 Å². The van der Waals surface area contributed by atoms with E-state index in [1.807, 2.05) is 5.59 Å². The van der Waals surface area contributed by atoms with Gasteiger partial charge in [0.15, 0.2) is 0 Å². The quantitative estimate of drug-likeness (QED) is 0.371. The van der Waals surface area contributed by atoms with Crippen molar-refractivity contribution in [1.29, 1.82) is 0 Å². The molecule has 5 nitrogen and oxygen atoms in total. The molecule has 0 aliphatic rings. The van der Waals surface area contributed by atoms with E-state index < -0.39 is 0 Å². The molecule has 0 fully saturated rings. The third-order valence-electron chi connectivity index (χ3n) is 0.286. The lowest BCUT2D eigenvalue weighted by molar-refractivity contribution is -0.125. The molecule has 0 saturated carbocycles. The van der Waals surface area contributed by atoms with E-state index in [2.05, 4.69) is 16.3 Å². The molecule has 0 aromatic carbocycles. The number of nitrogens with two attached hydrogens (primary N) is 1. The largest absolute Gasteiger partial charge is 0.274 e. The Kier molecular flexibility index (Phi) is 3.21. The number of hydrogen-bond donors (Lipinski definition) is 3. The summed E-state index contributed by atoms with van der Waals surface area (Å²) in [5.74, 6) is 4.19. The zero-order valence-corrected chi connectivity index (χ0v) is 3.89. The first-order chi connectivity index (χ1) is 3.27. The molecule has 0 aromatic heterocycles. The first-order valence-corrected chi connectivity index (χ1v) is 1.64. The highest BCUT2D eigenvalue weighted by atomic mass is 16.8. The van der Waals surface area contributed by atoms with Crippen LogP contribution in [0.25, 0.3) is 0 Å². The van der Waals surface area contributed by atoms with Gasteiger partial charge in [-0.3, -0.25) is 10.2 Å². The first-order valence-electron chi connectivity index (χ1n) is 1.64. The smallest absolute Gasteiger partial charge is 0.232 e. The zero-order chi connectivity index (χ0) is 5.70. The van der Waals surface area contributed by atoms with E-state index in [0.717, 1.165) is 0 Å². The van der Waals surface area contributed by atoms with Gasteiger partial charge in [0.25, 0.3) is 0 Å². The van der Waals surface area contributed by atoms with Crippen molar-refractivity contribution in [2.75, 3.05) is 0 Å². The van der Waals surface area contributed by atoms with E-state index in [-0.39, 0.29) is 5.91 Å². The fourth-order valence-corrected chi connectivity index (χ4v) is 0.101. The third kappa shape index (κ3) is 5.35. The maximum Gasteiger partial charge on any atom is 0.232 e. The van der Waals surface area contributed by atoms with Gasteiger partial charge >= 0.3 is 0 Å². The molecule has 0 aliphatic heterocycles. The molecule has 5 heteroatoms. The average molecular weight is 105 g/mol. The highest BCUT2D eigenvalue weighted by Crippen LogP contribution is 1.48. The number of carbonyl (C=O) groups is 1. The van der Waals surface area contributed by atoms with Crippen LogP contribution in [0.1, 0.15) is 6.92 Å².